The number of β-amino-alcohol motifs (C(OH)–C–C–N with tert-alkyl or cyclic N) is 1. The first-order chi connectivity index (χ1) is 16.7. The first-order valence-electron chi connectivity index (χ1n) is 11.1. The van der Waals surface area contributed by atoms with Crippen molar-refractivity contribution in [2.45, 2.75) is 30.7 Å². The molecule has 1 heterocycles. The van der Waals surface area contributed by atoms with Crippen LogP contribution in [0.4, 0.5) is 41.2 Å². The number of benzene rings is 2. The summed E-state index contributed by atoms with van der Waals surface area (Å²) in [7, 11) is 2.54. The molecule has 2 aromatic rings. The van der Waals surface area contributed by atoms with Gasteiger partial charge in [-0.3, -0.25) is 4.90 Å². The fourth-order valence-electron chi connectivity index (χ4n) is 4.47. The molecule has 36 heavy (non-hydrogen) atoms. The van der Waals surface area contributed by atoms with Gasteiger partial charge in [-0.15, -0.1) is 0 Å². The van der Waals surface area contributed by atoms with Crippen molar-refractivity contribution in [3.63, 3.8) is 0 Å². The Bertz CT molecular complexity index is 1020. The second-order valence-corrected chi connectivity index (χ2v) is 8.75. The van der Waals surface area contributed by atoms with Gasteiger partial charge in [-0.2, -0.15) is 26.3 Å². The molecule has 2 aromatic carbocycles. The molecule has 1 N–H and O–H groups in total. The van der Waals surface area contributed by atoms with Crippen LogP contribution in [0.2, 0.25) is 0 Å². The summed E-state index contributed by atoms with van der Waals surface area (Å²) in [5.41, 5.74) is -2.87. The van der Waals surface area contributed by atoms with Gasteiger partial charge in [0.05, 0.1) is 17.7 Å². The minimum absolute atomic E-state index is 0.00692. The van der Waals surface area contributed by atoms with Crippen LogP contribution in [-0.4, -0.2) is 67.3 Å². The highest BCUT2D eigenvalue weighted by molar-refractivity contribution is 5.91. The SMILES string of the molecule is CN(C(=O)N(C)C1CCN(CCO)CC1c1ccc(F)cc1)c1cc(C(F)(F)F)cc(C(F)(F)F)c1. The van der Waals surface area contributed by atoms with E-state index in [2.05, 4.69) is 0 Å². The second kappa shape index (κ2) is 10.6. The van der Waals surface area contributed by atoms with E-state index in [1.165, 1.54) is 24.1 Å². The van der Waals surface area contributed by atoms with E-state index in [9.17, 15) is 40.6 Å². The Hall–Kier alpha value is -2.86. The number of carbonyl (C=O) groups excluding carboxylic acids is 1. The number of hydrogen-bond donors (Lipinski definition) is 1. The summed E-state index contributed by atoms with van der Waals surface area (Å²) in [6, 6.07) is 5.42. The molecule has 1 aliphatic rings. The molecule has 3 rings (SSSR count). The van der Waals surface area contributed by atoms with Gasteiger partial charge in [0.2, 0.25) is 0 Å². The lowest BCUT2D eigenvalue weighted by Crippen LogP contribution is -2.53. The lowest BCUT2D eigenvalue weighted by molar-refractivity contribution is -0.143. The van der Waals surface area contributed by atoms with Crippen LogP contribution in [0.25, 0.3) is 0 Å². The zero-order chi connectivity index (χ0) is 26.8. The molecule has 1 saturated heterocycles. The molecular formula is C24H26F7N3O2. The van der Waals surface area contributed by atoms with Crippen molar-refractivity contribution in [1.82, 2.24) is 9.80 Å². The van der Waals surface area contributed by atoms with Crippen LogP contribution >= 0.6 is 0 Å². The van der Waals surface area contributed by atoms with Gasteiger partial charge < -0.3 is 14.9 Å². The molecule has 1 fully saturated rings. The average molecular weight is 521 g/mol. The number of hydrogen-bond acceptors (Lipinski definition) is 3. The summed E-state index contributed by atoms with van der Waals surface area (Å²) in [6.45, 7) is 1.22. The Morgan fingerprint density at radius 3 is 2.06 bits per heavy atom. The van der Waals surface area contributed by atoms with Crippen LogP contribution < -0.4 is 4.90 Å². The molecule has 2 unspecified atom stereocenters. The summed E-state index contributed by atoms with van der Waals surface area (Å²) in [5.74, 6) is -0.784. The highest BCUT2D eigenvalue weighted by Gasteiger charge is 2.39. The number of alkyl halides is 6. The minimum atomic E-state index is -5.04. The van der Waals surface area contributed by atoms with Gasteiger partial charge in [0, 0.05) is 51.4 Å². The van der Waals surface area contributed by atoms with Crippen molar-refractivity contribution in [2.75, 3.05) is 45.2 Å². The van der Waals surface area contributed by atoms with E-state index in [1.807, 2.05) is 4.90 Å². The number of amides is 2. The third kappa shape index (κ3) is 6.28. The summed E-state index contributed by atoms with van der Waals surface area (Å²) < 4.78 is 93.2. The minimum Gasteiger partial charge on any atom is -0.395 e. The Kier molecular flexibility index (Phi) is 8.19. The molecule has 12 heteroatoms. The number of aliphatic hydroxyl groups is 1. The van der Waals surface area contributed by atoms with Crippen LogP contribution in [-0.2, 0) is 12.4 Å². The van der Waals surface area contributed by atoms with Gasteiger partial charge in [0.1, 0.15) is 5.82 Å². The maximum atomic E-state index is 13.5. The molecule has 0 saturated carbocycles. The fraction of sp³-hybridized carbons (Fsp3) is 0.458. The summed E-state index contributed by atoms with van der Waals surface area (Å²) in [5, 5.41) is 9.31. The van der Waals surface area contributed by atoms with E-state index in [-0.39, 0.29) is 18.6 Å². The number of anilines is 1. The molecule has 0 aliphatic carbocycles. The highest BCUT2D eigenvalue weighted by atomic mass is 19.4. The van der Waals surface area contributed by atoms with Crippen molar-refractivity contribution in [1.29, 1.82) is 0 Å². The topological polar surface area (TPSA) is 47.0 Å². The molecule has 1 aliphatic heterocycles. The third-order valence-corrected chi connectivity index (χ3v) is 6.42. The highest BCUT2D eigenvalue weighted by Crippen LogP contribution is 2.39. The molecule has 0 bridgehead atoms. The molecule has 5 nitrogen and oxygen atoms in total. The molecule has 2 atom stereocenters. The second-order valence-electron chi connectivity index (χ2n) is 8.75. The van der Waals surface area contributed by atoms with E-state index in [0.717, 1.165) is 11.9 Å². The molecule has 2 amide bonds. The Morgan fingerprint density at radius 2 is 1.56 bits per heavy atom. The fourth-order valence-corrected chi connectivity index (χ4v) is 4.47. The number of piperidine rings is 1. The van der Waals surface area contributed by atoms with Crippen LogP contribution in [0.1, 0.15) is 29.0 Å². The first kappa shape index (κ1) is 27.7. The molecule has 0 spiro atoms. The lowest BCUT2D eigenvalue weighted by atomic mass is 9.85. The molecule has 0 radical (unpaired) electrons. The van der Waals surface area contributed by atoms with Gasteiger partial charge >= 0.3 is 18.4 Å². The summed E-state index contributed by atoms with van der Waals surface area (Å²) in [6.07, 6.45) is -9.66. The predicted molar refractivity (Wildman–Crippen MR) is 119 cm³/mol. The largest absolute Gasteiger partial charge is 0.416 e. The number of rotatable bonds is 5. The average Bonchev–Trinajstić information content (AvgIpc) is 2.82. The Labute approximate surface area is 203 Å². The van der Waals surface area contributed by atoms with Gasteiger partial charge in [0.15, 0.2) is 0 Å². The predicted octanol–water partition coefficient (Wildman–Crippen LogP) is 5.20. The zero-order valence-electron chi connectivity index (χ0n) is 19.6. The summed E-state index contributed by atoms with van der Waals surface area (Å²) in [4.78, 5) is 17.3. The zero-order valence-corrected chi connectivity index (χ0v) is 19.6. The van der Waals surface area contributed by atoms with E-state index in [0.29, 0.717) is 43.8 Å². The van der Waals surface area contributed by atoms with E-state index in [4.69, 9.17) is 0 Å². The lowest BCUT2D eigenvalue weighted by Gasteiger charge is -2.43. The van der Waals surface area contributed by atoms with Crippen molar-refractivity contribution < 1.29 is 40.6 Å². The van der Waals surface area contributed by atoms with E-state index < -0.39 is 47.1 Å². The number of nitrogens with zero attached hydrogens (tertiary/aromatic N) is 3. The molecular weight excluding hydrogens is 495 g/mol. The van der Waals surface area contributed by atoms with Gasteiger partial charge in [-0.1, -0.05) is 12.1 Å². The van der Waals surface area contributed by atoms with Crippen LogP contribution in [0.15, 0.2) is 42.5 Å². The number of carbonyl (C=O) groups is 1. The maximum absolute atomic E-state index is 13.5. The van der Waals surface area contributed by atoms with Crippen molar-refractivity contribution in [3.05, 3.63) is 65.0 Å². The Balaban J connectivity index is 1.92. The molecule has 0 aromatic heterocycles. The van der Waals surface area contributed by atoms with Gasteiger partial charge in [0.25, 0.3) is 0 Å². The summed E-state index contributed by atoms with van der Waals surface area (Å²) >= 11 is 0. The quantitative estimate of drug-likeness (QED) is 0.551. The molecule has 198 valence electrons. The van der Waals surface area contributed by atoms with Gasteiger partial charge in [-0.25, -0.2) is 9.18 Å². The number of likely N-dealkylation sites (tertiary alicyclic amines) is 1. The van der Waals surface area contributed by atoms with E-state index in [1.54, 1.807) is 12.1 Å². The normalized spacial score (nSPS) is 19.3. The first-order valence-corrected chi connectivity index (χ1v) is 11.1. The number of urea groups is 1. The van der Waals surface area contributed by atoms with Crippen LogP contribution in [0, 0.1) is 5.82 Å². The number of halogens is 7. The monoisotopic (exact) mass is 521 g/mol. The Morgan fingerprint density at radius 1 is 1.00 bits per heavy atom. The smallest absolute Gasteiger partial charge is 0.395 e. The number of likely N-dealkylation sites (N-methyl/N-ethyl adjacent to an activating group) is 1. The van der Waals surface area contributed by atoms with Crippen LogP contribution in [0.3, 0.4) is 0 Å². The van der Waals surface area contributed by atoms with Crippen molar-refractivity contribution >= 4 is 11.7 Å². The standard InChI is InChI=1S/C24H26F7N3O2/c1-32(19-12-16(23(26,27)28)11-17(13-19)24(29,30)31)22(36)33(2)21-7-8-34(9-10-35)14-20(21)15-3-5-18(25)6-4-15/h3-6,11-13,20-21,35H,7-10,14H2,1-2H3. The van der Waals surface area contributed by atoms with Crippen molar-refractivity contribution in [3.8, 4) is 0 Å². The van der Waals surface area contributed by atoms with Crippen molar-refractivity contribution in [2.24, 2.45) is 0 Å². The van der Waals surface area contributed by atoms with Gasteiger partial charge in [-0.05, 0) is 42.3 Å². The number of aliphatic hydroxyl groups excluding tert-OH is 1. The third-order valence-electron chi connectivity index (χ3n) is 6.42. The van der Waals surface area contributed by atoms with E-state index >= 15 is 0 Å². The maximum Gasteiger partial charge on any atom is 0.416 e. The van der Waals surface area contributed by atoms with Crippen LogP contribution in [0.5, 0.6) is 0 Å².